The normalized spacial score (nSPS) is 12.4. The second-order valence-electron chi connectivity index (χ2n) is 11.1. The van der Waals surface area contributed by atoms with E-state index in [1.54, 1.807) is 26.4 Å². The van der Waals surface area contributed by atoms with Gasteiger partial charge in [-0.2, -0.15) is 0 Å². The number of nitrogens with zero attached hydrogens (tertiary/aromatic N) is 1. The van der Waals surface area contributed by atoms with Crippen LogP contribution in [-0.4, -0.2) is 31.8 Å². The first kappa shape index (κ1) is 28.1. The molecule has 0 aliphatic rings. The molecule has 0 spiro atoms. The molecule has 0 aromatic heterocycles. The van der Waals surface area contributed by atoms with E-state index in [2.05, 4.69) is 45.0 Å². The van der Waals surface area contributed by atoms with Gasteiger partial charge in [0.05, 0.1) is 25.5 Å². The molecule has 5 heteroatoms. The molecule has 0 fully saturated rings. The van der Waals surface area contributed by atoms with Crippen LogP contribution in [0.5, 0.6) is 17.2 Å². The molecule has 0 radical (unpaired) electrons. The number of hydrogen-bond acceptors (Lipinski definition) is 4. The molecule has 1 amide bonds. The highest BCUT2D eigenvalue weighted by atomic mass is 16.5. The first-order valence-electron chi connectivity index (χ1n) is 12.9. The lowest BCUT2D eigenvalue weighted by Crippen LogP contribution is -2.42. The minimum Gasteiger partial charge on any atom is -0.507 e. The van der Waals surface area contributed by atoms with Crippen molar-refractivity contribution in [2.75, 3.05) is 25.7 Å². The minimum absolute atomic E-state index is 0.0829. The van der Waals surface area contributed by atoms with Crippen LogP contribution < -0.4 is 14.4 Å². The standard InChI is InChI=1S/C32H41NO4/c1-21(2)20-33(31(35)32(4,5)6)26-19-25(16-17-28(26)36-7)22(3)18-23-12-14-24(15-13-23)30-27(34)10-9-11-29(30)37-8/h9-17,19,21-22,34H,18,20H2,1-8H3. The molecule has 0 heterocycles. The molecule has 5 nitrogen and oxygen atoms in total. The summed E-state index contributed by atoms with van der Waals surface area (Å²) in [5.41, 5.74) is 4.26. The number of hydrogen-bond donors (Lipinski definition) is 1. The van der Waals surface area contributed by atoms with Gasteiger partial charge in [0, 0.05) is 12.0 Å². The summed E-state index contributed by atoms with van der Waals surface area (Å²) in [6.45, 7) is 12.9. The molecule has 198 valence electrons. The van der Waals surface area contributed by atoms with Crippen molar-refractivity contribution in [3.63, 3.8) is 0 Å². The summed E-state index contributed by atoms with van der Waals surface area (Å²) in [7, 11) is 3.26. The Labute approximate surface area is 222 Å². The Bertz CT molecular complexity index is 1210. The van der Waals surface area contributed by atoms with E-state index in [-0.39, 0.29) is 17.6 Å². The van der Waals surface area contributed by atoms with Gasteiger partial charge >= 0.3 is 0 Å². The first-order chi connectivity index (χ1) is 17.5. The molecule has 37 heavy (non-hydrogen) atoms. The van der Waals surface area contributed by atoms with Gasteiger partial charge < -0.3 is 19.5 Å². The molecule has 0 bridgehead atoms. The molecule has 0 aliphatic heterocycles. The van der Waals surface area contributed by atoms with Crippen molar-refractivity contribution in [1.82, 2.24) is 0 Å². The Balaban J connectivity index is 1.89. The summed E-state index contributed by atoms with van der Waals surface area (Å²) in [6.07, 6.45) is 0.835. The van der Waals surface area contributed by atoms with Crippen LogP contribution in [0.25, 0.3) is 11.1 Å². The van der Waals surface area contributed by atoms with Gasteiger partial charge in [-0.15, -0.1) is 0 Å². The maximum absolute atomic E-state index is 13.4. The third kappa shape index (κ3) is 6.65. The predicted molar refractivity (Wildman–Crippen MR) is 152 cm³/mol. The van der Waals surface area contributed by atoms with Gasteiger partial charge in [0.2, 0.25) is 5.91 Å². The average molecular weight is 504 g/mol. The van der Waals surface area contributed by atoms with Crippen LogP contribution in [0, 0.1) is 11.3 Å². The van der Waals surface area contributed by atoms with E-state index >= 15 is 0 Å². The van der Waals surface area contributed by atoms with Gasteiger partial charge in [-0.1, -0.05) is 77.9 Å². The van der Waals surface area contributed by atoms with Crippen molar-refractivity contribution in [3.05, 3.63) is 71.8 Å². The van der Waals surface area contributed by atoms with Crippen LogP contribution in [0.1, 0.15) is 58.6 Å². The highest BCUT2D eigenvalue weighted by molar-refractivity contribution is 5.98. The fourth-order valence-corrected chi connectivity index (χ4v) is 4.54. The van der Waals surface area contributed by atoms with Crippen LogP contribution in [-0.2, 0) is 11.2 Å². The highest BCUT2D eigenvalue weighted by Gasteiger charge is 2.30. The maximum Gasteiger partial charge on any atom is 0.232 e. The molecule has 1 atom stereocenters. The van der Waals surface area contributed by atoms with E-state index in [9.17, 15) is 9.90 Å². The second kappa shape index (κ2) is 11.7. The Morgan fingerprint density at radius 3 is 2.14 bits per heavy atom. The van der Waals surface area contributed by atoms with E-state index in [1.807, 2.05) is 49.9 Å². The summed E-state index contributed by atoms with van der Waals surface area (Å²) in [5.74, 6) is 2.17. The summed E-state index contributed by atoms with van der Waals surface area (Å²) < 4.78 is 11.1. The SMILES string of the molecule is COc1ccc(C(C)Cc2ccc(-c3c(O)cccc3OC)cc2)cc1N(CC(C)C)C(=O)C(C)(C)C. The Kier molecular flexibility index (Phi) is 8.90. The molecule has 0 saturated carbocycles. The maximum atomic E-state index is 13.4. The van der Waals surface area contributed by atoms with Crippen molar-refractivity contribution in [1.29, 1.82) is 0 Å². The van der Waals surface area contributed by atoms with Gasteiger partial charge in [-0.25, -0.2) is 0 Å². The quantitative estimate of drug-likeness (QED) is 0.329. The van der Waals surface area contributed by atoms with Crippen molar-refractivity contribution in [2.24, 2.45) is 11.3 Å². The van der Waals surface area contributed by atoms with Crippen molar-refractivity contribution in [2.45, 2.75) is 53.9 Å². The van der Waals surface area contributed by atoms with Gasteiger partial charge in [0.25, 0.3) is 0 Å². The topological polar surface area (TPSA) is 59.0 Å². The van der Waals surface area contributed by atoms with Crippen LogP contribution in [0.3, 0.4) is 0 Å². The highest BCUT2D eigenvalue weighted by Crippen LogP contribution is 2.38. The molecule has 0 aliphatic carbocycles. The molecule has 1 unspecified atom stereocenters. The minimum atomic E-state index is -0.501. The number of phenols is 1. The second-order valence-corrected chi connectivity index (χ2v) is 11.1. The fraction of sp³-hybridized carbons (Fsp3) is 0.406. The lowest BCUT2D eigenvalue weighted by molar-refractivity contribution is -0.125. The third-order valence-corrected chi connectivity index (χ3v) is 6.51. The molecular formula is C32H41NO4. The number of rotatable bonds is 9. The number of amides is 1. The lowest BCUT2D eigenvalue weighted by atomic mass is 9.91. The van der Waals surface area contributed by atoms with E-state index in [0.29, 0.717) is 29.5 Å². The summed E-state index contributed by atoms with van der Waals surface area (Å²) in [5, 5.41) is 10.4. The number of methoxy groups -OCH3 is 2. The Morgan fingerprint density at radius 1 is 0.919 bits per heavy atom. The van der Waals surface area contributed by atoms with Gasteiger partial charge in [0.15, 0.2) is 0 Å². The molecule has 3 aromatic carbocycles. The van der Waals surface area contributed by atoms with E-state index < -0.39 is 5.41 Å². The Morgan fingerprint density at radius 2 is 1.57 bits per heavy atom. The van der Waals surface area contributed by atoms with E-state index in [1.165, 1.54) is 5.56 Å². The fourth-order valence-electron chi connectivity index (χ4n) is 4.54. The zero-order valence-corrected chi connectivity index (χ0v) is 23.5. The summed E-state index contributed by atoms with van der Waals surface area (Å²) in [6, 6.07) is 19.7. The number of aromatic hydroxyl groups is 1. The number of phenolic OH excluding ortho intramolecular Hbond substituents is 1. The largest absolute Gasteiger partial charge is 0.507 e. The molecule has 1 N–H and O–H groups in total. The lowest BCUT2D eigenvalue weighted by Gasteiger charge is -2.32. The van der Waals surface area contributed by atoms with Gasteiger partial charge in [0.1, 0.15) is 17.2 Å². The van der Waals surface area contributed by atoms with Gasteiger partial charge in [-0.3, -0.25) is 4.79 Å². The Hall–Kier alpha value is -3.47. The number of anilines is 1. The zero-order chi connectivity index (χ0) is 27.3. The number of ether oxygens (including phenoxy) is 2. The molecule has 0 saturated heterocycles. The number of carbonyl (C=O) groups excluding carboxylic acids is 1. The van der Waals surface area contributed by atoms with Crippen LogP contribution in [0.2, 0.25) is 0 Å². The van der Waals surface area contributed by atoms with Crippen molar-refractivity contribution >= 4 is 11.6 Å². The summed E-state index contributed by atoms with van der Waals surface area (Å²) in [4.78, 5) is 15.3. The van der Waals surface area contributed by atoms with Crippen LogP contribution in [0.4, 0.5) is 5.69 Å². The van der Waals surface area contributed by atoms with Crippen LogP contribution >= 0.6 is 0 Å². The predicted octanol–water partition coefficient (Wildman–Crippen LogP) is 7.46. The zero-order valence-electron chi connectivity index (χ0n) is 23.5. The smallest absolute Gasteiger partial charge is 0.232 e. The van der Waals surface area contributed by atoms with Crippen molar-refractivity contribution in [3.8, 4) is 28.4 Å². The van der Waals surface area contributed by atoms with E-state index in [0.717, 1.165) is 23.2 Å². The third-order valence-electron chi connectivity index (χ3n) is 6.51. The monoisotopic (exact) mass is 503 g/mol. The average Bonchev–Trinajstić information content (AvgIpc) is 2.86. The summed E-state index contributed by atoms with van der Waals surface area (Å²) >= 11 is 0. The van der Waals surface area contributed by atoms with Crippen LogP contribution in [0.15, 0.2) is 60.7 Å². The molecule has 3 rings (SSSR count). The van der Waals surface area contributed by atoms with E-state index in [4.69, 9.17) is 9.47 Å². The number of benzene rings is 3. The van der Waals surface area contributed by atoms with Gasteiger partial charge in [-0.05, 0) is 59.2 Å². The van der Waals surface area contributed by atoms with Crippen molar-refractivity contribution < 1.29 is 19.4 Å². The molecule has 3 aromatic rings. The molecular weight excluding hydrogens is 462 g/mol. The first-order valence-corrected chi connectivity index (χ1v) is 12.9. The number of carbonyl (C=O) groups is 1.